The summed E-state index contributed by atoms with van der Waals surface area (Å²) in [5, 5.41) is 0. The largest absolute Gasteiger partial charge is 0.441 e. The van der Waals surface area contributed by atoms with Crippen LogP contribution in [0, 0.1) is 5.82 Å². The smallest absolute Gasteiger partial charge is 0.223 e. The predicted octanol–water partition coefficient (Wildman–Crippen LogP) is 4.60. The van der Waals surface area contributed by atoms with Crippen LogP contribution in [-0.2, 0) is 17.8 Å². The van der Waals surface area contributed by atoms with E-state index in [1.54, 1.807) is 12.3 Å². The zero-order chi connectivity index (χ0) is 18.6. The first kappa shape index (κ1) is 17.5. The van der Waals surface area contributed by atoms with Gasteiger partial charge in [-0.3, -0.25) is 4.79 Å². The highest BCUT2D eigenvalue weighted by Crippen LogP contribution is 2.29. The Labute approximate surface area is 157 Å². The van der Waals surface area contributed by atoms with Crippen molar-refractivity contribution in [2.24, 2.45) is 0 Å². The summed E-state index contributed by atoms with van der Waals surface area (Å²) in [4.78, 5) is 18.9. The van der Waals surface area contributed by atoms with E-state index in [0.717, 1.165) is 24.0 Å². The van der Waals surface area contributed by atoms with E-state index >= 15 is 0 Å². The Balaban J connectivity index is 1.38. The molecule has 1 aliphatic carbocycles. The molecular weight excluding hydrogens is 343 g/mol. The molecule has 4 nitrogen and oxygen atoms in total. The van der Waals surface area contributed by atoms with Crippen molar-refractivity contribution < 1.29 is 13.6 Å². The van der Waals surface area contributed by atoms with Crippen LogP contribution in [0.5, 0.6) is 0 Å². The first-order valence-electron chi connectivity index (χ1n) is 9.23. The molecule has 5 heteroatoms. The number of nitrogens with zero attached hydrogens (tertiary/aromatic N) is 2. The van der Waals surface area contributed by atoms with Gasteiger partial charge in [-0.05, 0) is 30.5 Å². The van der Waals surface area contributed by atoms with Crippen molar-refractivity contribution in [1.82, 2.24) is 9.88 Å². The van der Waals surface area contributed by atoms with Crippen molar-refractivity contribution in [2.45, 2.75) is 38.3 Å². The summed E-state index contributed by atoms with van der Waals surface area (Å²) in [6.45, 7) is 0.447. The maximum absolute atomic E-state index is 13.4. The fraction of sp³-hybridized carbons (Fsp3) is 0.273. The Hall–Kier alpha value is -2.95. The van der Waals surface area contributed by atoms with Gasteiger partial charge in [-0.2, -0.15) is 0 Å². The Morgan fingerprint density at radius 2 is 1.96 bits per heavy atom. The van der Waals surface area contributed by atoms with Gasteiger partial charge in [-0.15, -0.1) is 0 Å². The molecule has 27 heavy (non-hydrogen) atoms. The second kappa shape index (κ2) is 7.74. The fourth-order valence-corrected chi connectivity index (χ4v) is 3.16. The van der Waals surface area contributed by atoms with Crippen LogP contribution in [0.2, 0.25) is 0 Å². The quantitative estimate of drug-likeness (QED) is 0.615. The Kier molecular flexibility index (Phi) is 5.01. The van der Waals surface area contributed by atoms with Gasteiger partial charge in [0.2, 0.25) is 5.91 Å². The third kappa shape index (κ3) is 4.42. The van der Waals surface area contributed by atoms with Crippen molar-refractivity contribution in [3.8, 4) is 11.3 Å². The van der Waals surface area contributed by atoms with Gasteiger partial charge in [0, 0.05) is 31.0 Å². The van der Waals surface area contributed by atoms with Gasteiger partial charge in [0.05, 0.1) is 6.20 Å². The SMILES string of the molecule is O=C(CCc1ncc(-c2ccccc2)o1)N(Cc1cccc(F)c1)C1CC1. The van der Waals surface area contributed by atoms with E-state index in [1.165, 1.54) is 12.1 Å². The molecular formula is C22H21FN2O2. The minimum Gasteiger partial charge on any atom is -0.441 e. The third-order valence-electron chi connectivity index (χ3n) is 4.71. The van der Waals surface area contributed by atoms with Gasteiger partial charge in [-0.1, -0.05) is 42.5 Å². The number of carbonyl (C=O) groups is 1. The monoisotopic (exact) mass is 364 g/mol. The van der Waals surface area contributed by atoms with Gasteiger partial charge in [0.1, 0.15) is 5.82 Å². The number of carbonyl (C=O) groups excluding carboxylic acids is 1. The average molecular weight is 364 g/mol. The molecule has 0 radical (unpaired) electrons. The molecule has 0 aliphatic heterocycles. The lowest BCUT2D eigenvalue weighted by molar-refractivity contribution is -0.132. The molecule has 0 spiro atoms. The molecule has 2 aromatic carbocycles. The molecule has 1 fully saturated rings. The highest BCUT2D eigenvalue weighted by molar-refractivity contribution is 5.77. The predicted molar refractivity (Wildman–Crippen MR) is 100 cm³/mol. The summed E-state index contributed by atoms with van der Waals surface area (Å²) in [5.74, 6) is 1.05. The highest BCUT2D eigenvalue weighted by Gasteiger charge is 2.32. The normalized spacial score (nSPS) is 13.5. The van der Waals surface area contributed by atoms with Gasteiger partial charge < -0.3 is 9.32 Å². The van der Waals surface area contributed by atoms with E-state index in [4.69, 9.17) is 4.42 Å². The summed E-state index contributed by atoms with van der Waals surface area (Å²) in [5.41, 5.74) is 1.78. The van der Waals surface area contributed by atoms with Crippen molar-refractivity contribution in [2.75, 3.05) is 0 Å². The average Bonchev–Trinajstić information content (AvgIpc) is 3.42. The summed E-state index contributed by atoms with van der Waals surface area (Å²) in [6, 6.07) is 16.5. The number of aryl methyl sites for hydroxylation is 1. The van der Waals surface area contributed by atoms with E-state index in [0.29, 0.717) is 31.0 Å². The Bertz CT molecular complexity index is 919. The number of rotatable bonds is 7. The highest BCUT2D eigenvalue weighted by atomic mass is 19.1. The van der Waals surface area contributed by atoms with Crippen LogP contribution < -0.4 is 0 Å². The molecule has 1 saturated carbocycles. The van der Waals surface area contributed by atoms with Crippen molar-refractivity contribution in [3.63, 3.8) is 0 Å². The summed E-state index contributed by atoms with van der Waals surface area (Å²) < 4.78 is 19.2. The van der Waals surface area contributed by atoms with Crippen LogP contribution in [0.4, 0.5) is 4.39 Å². The number of amides is 1. The number of halogens is 1. The minimum atomic E-state index is -0.274. The van der Waals surface area contributed by atoms with Gasteiger partial charge in [0.25, 0.3) is 0 Å². The van der Waals surface area contributed by atoms with Gasteiger partial charge in [0.15, 0.2) is 11.7 Å². The molecule has 0 bridgehead atoms. The molecule has 0 unspecified atom stereocenters. The zero-order valence-electron chi connectivity index (χ0n) is 15.0. The lowest BCUT2D eigenvalue weighted by atomic mass is 10.2. The van der Waals surface area contributed by atoms with Crippen LogP contribution in [0.1, 0.15) is 30.7 Å². The van der Waals surface area contributed by atoms with Crippen LogP contribution in [0.15, 0.2) is 65.2 Å². The van der Waals surface area contributed by atoms with E-state index in [2.05, 4.69) is 4.98 Å². The standard InChI is InChI=1S/C22H21FN2O2/c23-18-8-4-5-16(13-18)15-25(19-9-10-19)22(26)12-11-21-24-14-20(27-21)17-6-2-1-3-7-17/h1-8,13-14,19H,9-12,15H2. The van der Waals surface area contributed by atoms with Gasteiger partial charge >= 0.3 is 0 Å². The summed E-state index contributed by atoms with van der Waals surface area (Å²) in [6.07, 6.45) is 4.51. The van der Waals surface area contributed by atoms with Crippen molar-refractivity contribution in [1.29, 1.82) is 0 Å². The molecule has 4 rings (SSSR count). The topological polar surface area (TPSA) is 46.3 Å². The number of benzene rings is 2. The number of oxazole rings is 1. The fourth-order valence-electron chi connectivity index (χ4n) is 3.16. The molecule has 1 aliphatic rings. The first-order valence-corrected chi connectivity index (χ1v) is 9.23. The van der Waals surface area contributed by atoms with E-state index < -0.39 is 0 Å². The third-order valence-corrected chi connectivity index (χ3v) is 4.71. The van der Waals surface area contributed by atoms with Crippen LogP contribution >= 0.6 is 0 Å². The minimum absolute atomic E-state index is 0.0567. The second-order valence-electron chi connectivity index (χ2n) is 6.87. The van der Waals surface area contributed by atoms with Crippen LogP contribution in [0.3, 0.4) is 0 Å². The summed E-state index contributed by atoms with van der Waals surface area (Å²) >= 11 is 0. The van der Waals surface area contributed by atoms with Crippen molar-refractivity contribution >= 4 is 5.91 Å². The number of aromatic nitrogens is 1. The Morgan fingerprint density at radius 3 is 2.70 bits per heavy atom. The van der Waals surface area contributed by atoms with Crippen molar-refractivity contribution in [3.05, 3.63) is 78.1 Å². The Morgan fingerprint density at radius 1 is 1.15 bits per heavy atom. The molecule has 0 N–H and O–H groups in total. The van der Waals surface area contributed by atoms with Gasteiger partial charge in [-0.25, -0.2) is 9.37 Å². The van der Waals surface area contributed by atoms with Crippen LogP contribution in [-0.4, -0.2) is 21.8 Å². The molecule has 1 heterocycles. The van der Waals surface area contributed by atoms with E-state index in [9.17, 15) is 9.18 Å². The lowest BCUT2D eigenvalue weighted by Crippen LogP contribution is -2.32. The first-order chi connectivity index (χ1) is 13.2. The molecule has 3 aromatic rings. The number of hydrogen-bond acceptors (Lipinski definition) is 3. The molecule has 0 atom stereocenters. The maximum atomic E-state index is 13.4. The van der Waals surface area contributed by atoms with Crippen LogP contribution in [0.25, 0.3) is 11.3 Å². The zero-order valence-corrected chi connectivity index (χ0v) is 15.0. The lowest BCUT2D eigenvalue weighted by Gasteiger charge is -2.22. The second-order valence-corrected chi connectivity index (χ2v) is 6.87. The summed E-state index contributed by atoms with van der Waals surface area (Å²) in [7, 11) is 0. The molecule has 1 aromatic heterocycles. The van der Waals surface area contributed by atoms with E-state index in [1.807, 2.05) is 41.3 Å². The molecule has 0 saturated heterocycles. The molecule has 1 amide bonds. The van der Waals surface area contributed by atoms with E-state index in [-0.39, 0.29) is 17.8 Å². The molecule has 138 valence electrons. The maximum Gasteiger partial charge on any atom is 0.223 e. The number of hydrogen-bond donors (Lipinski definition) is 0.